The van der Waals surface area contributed by atoms with Gasteiger partial charge < -0.3 is 18.5 Å². The van der Waals surface area contributed by atoms with E-state index < -0.39 is 9.84 Å². The minimum Gasteiger partial charge on any atom is -0.459 e. The van der Waals surface area contributed by atoms with E-state index in [1.54, 1.807) is 36.4 Å². The summed E-state index contributed by atoms with van der Waals surface area (Å²) < 4.78 is 43.7. The number of nitrogens with zero attached hydrogens (tertiary/aromatic N) is 2. The molecule has 2 atom stereocenters. The van der Waals surface area contributed by atoms with Gasteiger partial charge in [-0.05, 0) is 45.0 Å². The minimum absolute atomic E-state index is 0.0594. The maximum Gasteiger partial charge on any atom is 0.266 e. The molecule has 4 rings (SSSR count). The van der Waals surface area contributed by atoms with E-state index in [0.29, 0.717) is 18.8 Å². The third-order valence-corrected chi connectivity index (χ3v) is 6.27. The van der Waals surface area contributed by atoms with Crippen LogP contribution in [0.2, 0.25) is 0 Å². The van der Waals surface area contributed by atoms with Crippen molar-refractivity contribution < 1.29 is 22.0 Å². The zero-order valence-corrected chi connectivity index (χ0v) is 16.8. The Hall–Kier alpha value is -2.58. The number of sulfone groups is 1. The quantitative estimate of drug-likeness (QED) is 0.658. The standard InChI is InChI=1S/C20H22N2O5S/c1-13-6-8-16(9-7-13)28(23,24)19-20(22-11-14(2)26-15(3)12-22)27-18(21-19)17-5-4-10-25-17/h4-10,14-15H,11-12H2,1-3H3/t14-,15-/m1/s1. The van der Waals surface area contributed by atoms with Crippen LogP contribution in [0.5, 0.6) is 0 Å². The molecule has 2 aromatic heterocycles. The van der Waals surface area contributed by atoms with E-state index in [-0.39, 0.29) is 33.9 Å². The summed E-state index contributed by atoms with van der Waals surface area (Å²) >= 11 is 0. The molecule has 148 valence electrons. The van der Waals surface area contributed by atoms with Crippen molar-refractivity contribution in [3.8, 4) is 11.7 Å². The fourth-order valence-corrected chi connectivity index (χ4v) is 4.67. The highest BCUT2D eigenvalue weighted by Gasteiger charge is 2.34. The predicted octanol–water partition coefficient (Wildman–Crippen LogP) is 3.69. The maximum atomic E-state index is 13.3. The first-order valence-corrected chi connectivity index (χ1v) is 10.6. The molecule has 1 aromatic carbocycles. The molecule has 7 nitrogen and oxygen atoms in total. The Morgan fingerprint density at radius 3 is 2.36 bits per heavy atom. The molecule has 1 aliphatic rings. The molecule has 1 aliphatic heterocycles. The maximum absolute atomic E-state index is 13.3. The van der Waals surface area contributed by atoms with Crippen molar-refractivity contribution in [3.05, 3.63) is 48.2 Å². The highest BCUT2D eigenvalue weighted by Crippen LogP contribution is 2.36. The molecule has 1 fully saturated rings. The number of ether oxygens (including phenoxy) is 1. The van der Waals surface area contributed by atoms with Gasteiger partial charge in [0.1, 0.15) is 0 Å². The van der Waals surface area contributed by atoms with Crippen molar-refractivity contribution in [1.82, 2.24) is 4.98 Å². The SMILES string of the molecule is Cc1ccc(S(=O)(=O)c2nc(-c3ccco3)oc2N2C[C@@H](C)O[C@H](C)C2)cc1. The van der Waals surface area contributed by atoms with Crippen LogP contribution in [-0.2, 0) is 14.6 Å². The molecule has 0 amide bonds. The van der Waals surface area contributed by atoms with E-state index in [2.05, 4.69) is 4.98 Å². The van der Waals surface area contributed by atoms with E-state index >= 15 is 0 Å². The van der Waals surface area contributed by atoms with Gasteiger partial charge in [-0.1, -0.05) is 17.7 Å². The van der Waals surface area contributed by atoms with Gasteiger partial charge in [0.2, 0.25) is 20.7 Å². The van der Waals surface area contributed by atoms with Crippen LogP contribution < -0.4 is 4.90 Å². The summed E-state index contributed by atoms with van der Waals surface area (Å²) in [5.41, 5.74) is 0.978. The lowest BCUT2D eigenvalue weighted by atomic mass is 10.2. The van der Waals surface area contributed by atoms with Gasteiger partial charge in [0.25, 0.3) is 5.89 Å². The number of aryl methyl sites for hydroxylation is 1. The highest BCUT2D eigenvalue weighted by atomic mass is 32.2. The van der Waals surface area contributed by atoms with Crippen LogP contribution in [-0.4, -0.2) is 38.7 Å². The van der Waals surface area contributed by atoms with E-state index in [9.17, 15) is 8.42 Å². The van der Waals surface area contributed by atoms with Gasteiger partial charge in [-0.25, -0.2) is 8.42 Å². The Bertz CT molecular complexity index is 1040. The zero-order chi connectivity index (χ0) is 19.9. The normalized spacial score (nSPS) is 20.5. The number of hydrogen-bond acceptors (Lipinski definition) is 7. The van der Waals surface area contributed by atoms with Crippen molar-refractivity contribution in [2.45, 2.75) is 42.9 Å². The van der Waals surface area contributed by atoms with Crippen molar-refractivity contribution in [2.24, 2.45) is 0 Å². The molecule has 1 saturated heterocycles. The molecule has 0 bridgehead atoms. The van der Waals surface area contributed by atoms with Crippen LogP contribution in [0.15, 0.2) is 61.4 Å². The third kappa shape index (κ3) is 3.45. The van der Waals surface area contributed by atoms with Gasteiger partial charge >= 0.3 is 0 Å². The smallest absolute Gasteiger partial charge is 0.266 e. The molecule has 0 saturated carbocycles. The summed E-state index contributed by atoms with van der Waals surface area (Å²) in [6.45, 7) is 6.81. The first-order valence-electron chi connectivity index (χ1n) is 9.11. The number of benzene rings is 1. The number of rotatable bonds is 4. The lowest BCUT2D eigenvalue weighted by Crippen LogP contribution is -2.45. The summed E-state index contributed by atoms with van der Waals surface area (Å²) in [6.07, 6.45) is 1.37. The minimum atomic E-state index is -3.87. The van der Waals surface area contributed by atoms with Crippen LogP contribution in [0, 0.1) is 6.92 Å². The molecule has 28 heavy (non-hydrogen) atoms. The number of oxazole rings is 1. The molecule has 0 radical (unpaired) electrons. The molecule has 0 N–H and O–H groups in total. The molecule has 0 aliphatic carbocycles. The molecule has 0 spiro atoms. The Morgan fingerprint density at radius 2 is 1.75 bits per heavy atom. The van der Waals surface area contributed by atoms with E-state index in [1.165, 1.54) is 6.26 Å². The topological polar surface area (TPSA) is 85.8 Å². The molecule has 8 heteroatoms. The fraction of sp³-hybridized carbons (Fsp3) is 0.350. The highest BCUT2D eigenvalue weighted by molar-refractivity contribution is 7.91. The molecule has 0 unspecified atom stereocenters. The predicted molar refractivity (Wildman–Crippen MR) is 103 cm³/mol. The second-order valence-electron chi connectivity index (χ2n) is 7.09. The summed E-state index contributed by atoms with van der Waals surface area (Å²) in [4.78, 5) is 6.37. The number of furan rings is 1. The van der Waals surface area contributed by atoms with Crippen molar-refractivity contribution in [1.29, 1.82) is 0 Å². The van der Waals surface area contributed by atoms with Crippen LogP contribution in [0.25, 0.3) is 11.7 Å². The summed E-state index contributed by atoms with van der Waals surface area (Å²) in [5.74, 6) is 0.729. The van der Waals surface area contributed by atoms with Gasteiger partial charge in [0.05, 0.1) is 23.4 Å². The lowest BCUT2D eigenvalue weighted by molar-refractivity contribution is -0.00657. The average molecular weight is 402 g/mol. The third-order valence-electron chi connectivity index (χ3n) is 4.60. The van der Waals surface area contributed by atoms with Gasteiger partial charge in [-0.15, -0.1) is 0 Å². The molecular formula is C20H22N2O5S. The number of morpholine rings is 1. The number of anilines is 1. The largest absolute Gasteiger partial charge is 0.459 e. The van der Waals surface area contributed by atoms with Gasteiger partial charge in [0, 0.05) is 13.1 Å². The summed E-state index contributed by atoms with van der Waals surface area (Å²) in [6, 6.07) is 10.1. The first-order chi connectivity index (χ1) is 13.3. The fourth-order valence-electron chi connectivity index (χ4n) is 3.35. The van der Waals surface area contributed by atoms with Crippen molar-refractivity contribution in [2.75, 3.05) is 18.0 Å². The molecule has 3 aromatic rings. The summed E-state index contributed by atoms with van der Waals surface area (Å²) in [7, 11) is -3.87. The second kappa shape index (κ2) is 7.10. The Labute approximate surface area is 163 Å². The lowest BCUT2D eigenvalue weighted by Gasteiger charge is -2.35. The first kappa shape index (κ1) is 18.8. The van der Waals surface area contributed by atoms with Crippen molar-refractivity contribution >= 4 is 15.7 Å². The average Bonchev–Trinajstić information content (AvgIpc) is 3.31. The Balaban J connectivity index is 1.84. The van der Waals surface area contributed by atoms with Crippen LogP contribution in [0.3, 0.4) is 0 Å². The summed E-state index contributed by atoms with van der Waals surface area (Å²) in [5, 5.41) is -0.107. The van der Waals surface area contributed by atoms with Crippen LogP contribution in [0.4, 0.5) is 5.88 Å². The zero-order valence-electron chi connectivity index (χ0n) is 16.0. The van der Waals surface area contributed by atoms with E-state index in [1.807, 2.05) is 25.7 Å². The second-order valence-corrected chi connectivity index (χ2v) is 8.95. The monoisotopic (exact) mass is 402 g/mol. The van der Waals surface area contributed by atoms with Gasteiger partial charge in [0.15, 0.2) is 5.76 Å². The molecule has 3 heterocycles. The number of aromatic nitrogens is 1. The van der Waals surface area contributed by atoms with Gasteiger partial charge in [-0.3, -0.25) is 0 Å². The van der Waals surface area contributed by atoms with E-state index in [0.717, 1.165) is 5.56 Å². The van der Waals surface area contributed by atoms with E-state index in [4.69, 9.17) is 13.6 Å². The van der Waals surface area contributed by atoms with Gasteiger partial charge in [-0.2, -0.15) is 4.98 Å². The Morgan fingerprint density at radius 1 is 1.07 bits per heavy atom. The van der Waals surface area contributed by atoms with Crippen molar-refractivity contribution in [3.63, 3.8) is 0 Å². The van der Waals surface area contributed by atoms with Crippen LogP contribution >= 0.6 is 0 Å². The van der Waals surface area contributed by atoms with Crippen LogP contribution in [0.1, 0.15) is 19.4 Å². The molecular weight excluding hydrogens is 380 g/mol. The Kier molecular flexibility index (Phi) is 4.76. The number of hydrogen-bond donors (Lipinski definition) is 0.